The highest BCUT2D eigenvalue weighted by atomic mass is 19.4. The molecule has 1 saturated carbocycles. The molecular formula is C25H22F3N5O4. The largest absolute Gasteiger partial charge is 0.465 e. The molecule has 9 nitrogen and oxygen atoms in total. The lowest BCUT2D eigenvalue weighted by atomic mass is 9.96. The van der Waals surface area contributed by atoms with Crippen LogP contribution in [0, 0.1) is 5.41 Å². The number of pyridine rings is 1. The van der Waals surface area contributed by atoms with Crippen molar-refractivity contribution in [3.63, 3.8) is 0 Å². The van der Waals surface area contributed by atoms with E-state index in [-0.39, 0.29) is 41.6 Å². The molecule has 0 atom stereocenters. The van der Waals surface area contributed by atoms with Crippen LogP contribution in [0.25, 0.3) is 0 Å². The normalized spacial score (nSPS) is 13.9. The van der Waals surface area contributed by atoms with Crippen molar-refractivity contribution < 1.29 is 32.3 Å². The van der Waals surface area contributed by atoms with Gasteiger partial charge in [0.15, 0.2) is 5.78 Å². The molecule has 12 heteroatoms. The maximum absolute atomic E-state index is 13.5. The molecule has 4 rings (SSSR count). The Balaban J connectivity index is 1.37. The van der Waals surface area contributed by atoms with E-state index < -0.39 is 23.1 Å². The van der Waals surface area contributed by atoms with Crippen molar-refractivity contribution in [3.8, 4) is 0 Å². The Morgan fingerprint density at radius 2 is 1.76 bits per heavy atom. The van der Waals surface area contributed by atoms with Crippen LogP contribution in [0.15, 0.2) is 55.2 Å². The van der Waals surface area contributed by atoms with Gasteiger partial charge in [-0.05, 0) is 43.2 Å². The SMILES string of the molecule is COC(=O)c1ccc(Nc2ccc(CNC(=O)C3(CC(=O)c4cncnc4)CC3)nc2)c(C(F)(F)F)c1. The number of nitrogens with zero attached hydrogens (tertiary/aromatic N) is 3. The second-order valence-electron chi connectivity index (χ2n) is 8.60. The molecule has 1 aliphatic rings. The third-order valence-corrected chi connectivity index (χ3v) is 6.00. The molecule has 0 aliphatic heterocycles. The first kappa shape index (κ1) is 25.7. The summed E-state index contributed by atoms with van der Waals surface area (Å²) < 4.78 is 45.1. The number of ketones is 1. The van der Waals surface area contributed by atoms with Crippen molar-refractivity contribution >= 4 is 29.0 Å². The molecule has 37 heavy (non-hydrogen) atoms. The van der Waals surface area contributed by atoms with E-state index in [9.17, 15) is 27.6 Å². The van der Waals surface area contributed by atoms with E-state index in [0.717, 1.165) is 19.2 Å². The van der Waals surface area contributed by atoms with Gasteiger partial charge in [-0.15, -0.1) is 0 Å². The number of benzene rings is 1. The number of Topliss-reactive ketones (excluding diaryl/α,β-unsaturated/α-hetero) is 1. The second-order valence-corrected chi connectivity index (χ2v) is 8.60. The summed E-state index contributed by atoms with van der Waals surface area (Å²) in [4.78, 5) is 48.6. The molecule has 0 saturated heterocycles. The van der Waals surface area contributed by atoms with Crippen molar-refractivity contribution in [1.82, 2.24) is 20.3 Å². The van der Waals surface area contributed by atoms with E-state index in [1.807, 2.05) is 0 Å². The zero-order valence-electron chi connectivity index (χ0n) is 19.6. The van der Waals surface area contributed by atoms with Gasteiger partial charge in [0.05, 0.1) is 59.0 Å². The van der Waals surface area contributed by atoms with E-state index in [2.05, 4.69) is 30.3 Å². The van der Waals surface area contributed by atoms with Crippen LogP contribution in [-0.4, -0.2) is 39.7 Å². The molecule has 2 aromatic heterocycles. The summed E-state index contributed by atoms with van der Waals surface area (Å²) in [6, 6.07) is 6.17. The third-order valence-electron chi connectivity index (χ3n) is 6.00. The molecule has 2 heterocycles. The third kappa shape index (κ3) is 6.08. The number of aromatic nitrogens is 3. The monoisotopic (exact) mass is 513 g/mol. The fraction of sp³-hybridized carbons (Fsp3) is 0.280. The topological polar surface area (TPSA) is 123 Å². The number of esters is 1. The quantitative estimate of drug-likeness (QED) is 0.324. The van der Waals surface area contributed by atoms with Crippen molar-refractivity contribution in [2.24, 2.45) is 5.41 Å². The number of alkyl halides is 3. The summed E-state index contributed by atoms with van der Waals surface area (Å²) >= 11 is 0. The Hall–Kier alpha value is -4.35. The fourth-order valence-corrected chi connectivity index (χ4v) is 3.74. The highest BCUT2D eigenvalue weighted by Crippen LogP contribution is 2.49. The zero-order chi connectivity index (χ0) is 26.6. The van der Waals surface area contributed by atoms with E-state index in [1.54, 1.807) is 6.07 Å². The number of nitrogens with one attached hydrogen (secondary N) is 2. The lowest BCUT2D eigenvalue weighted by Gasteiger charge is -2.16. The molecule has 1 aromatic carbocycles. The van der Waals surface area contributed by atoms with Crippen LogP contribution >= 0.6 is 0 Å². The number of hydrogen-bond donors (Lipinski definition) is 2. The summed E-state index contributed by atoms with van der Waals surface area (Å²) in [6.07, 6.45) is 2.00. The van der Waals surface area contributed by atoms with Gasteiger partial charge < -0.3 is 15.4 Å². The lowest BCUT2D eigenvalue weighted by molar-refractivity contribution is -0.137. The Kier molecular flexibility index (Phi) is 7.18. The number of rotatable bonds is 9. The Morgan fingerprint density at radius 3 is 2.35 bits per heavy atom. The molecule has 0 radical (unpaired) electrons. The average Bonchev–Trinajstić information content (AvgIpc) is 3.68. The van der Waals surface area contributed by atoms with Gasteiger partial charge in [-0.1, -0.05) is 0 Å². The molecule has 1 fully saturated rings. The Morgan fingerprint density at radius 1 is 1.03 bits per heavy atom. The average molecular weight is 513 g/mol. The number of anilines is 2. The molecule has 0 unspecified atom stereocenters. The van der Waals surface area contributed by atoms with Gasteiger partial charge in [0, 0.05) is 18.8 Å². The molecule has 3 aromatic rings. The van der Waals surface area contributed by atoms with Gasteiger partial charge >= 0.3 is 12.1 Å². The molecule has 2 N–H and O–H groups in total. The minimum Gasteiger partial charge on any atom is -0.465 e. The fourth-order valence-electron chi connectivity index (χ4n) is 3.74. The Labute approximate surface area is 209 Å². The van der Waals surface area contributed by atoms with Crippen molar-refractivity contribution in [3.05, 3.63) is 77.6 Å². The predicted octanol–water partition coefficient (Wildman–Crippen LogP) is 4.09. The minimum atomic E-state index is -4.71. The van der Waals surface area contributed by atoms with Crippen LogP contribution in [0.2, 0.25) is 0 Å². The zero-order valence-corrected chi connectivity index (χ0v) is 19.6. The maximum atomic E-state index is 13.5. The smallest absolute Gasteiger partial charge is 0.418 e. The van der Waals surface area contributed by atoms with Gasteiger partial charge in [-0.3, -0.25) is 14.6 Å². The summed E-state index contributed by atoms with van der Waals surface area (Å²) in [5, 5.41) is 5.44. The predicted molar refractivity (Wildman–Crippen MR) is 125 cm³/mol. The first-order valence-electron chi connectivity index (χ1n) is 11.2. The van der Waals surface area contributed by atoms with Gasteiger partial charge in [0.1, 0.15) is 6.33 Å². The van der Waals surface area contributed by atoms with Crippen molar-refractivity contribution in [2.45, 2.75) is 32.0 Å². The molecule has 1 aliphatic carbocycles. The van der Waals surface area contributed by atoms with E-state index in [1.165, 1.54) is 37.1 Å². The van der Waals surface area contributed by atoms with Crippen molar-refractivity contribution in [2.75, 3.05) is 12.4 Å². The van der Waals surface area contributed by atoms with Gasteiger partial charge in [0.25, 0.3) is 0 Å². The maximum Gasteiger partial charge on any atom is 0.418 e. The number of halogens is 3. The lowest BCUT2D eigenvalue weighted by Crippen LogP contribution is -2.33. The van der Waals surface area contributed by atoms with Gasteiger partial charge in [-0.25, -0.2) is 14.8 Å². The second kappa shape index (κ2) is 10.3. The number of methoxy groups -OCH3 is 1. The highest BCUT2D eigenvalue weighted by Gasteiger charge is 2.51. The van der Waals surface area contributed by atoms with Crippen LogP contribution in [-0.2, 0) is 22.3 Å². The summed E-state index contributed by atoms with van der Waals surface area (Å²) in [5.74, 6) is -1.35. The van der Waals surface area contributed by atoms with Crippen LogP contribution < -0.4 is 10.6 Å². The number of amides is 1. The highest BCUT2D eigenvalue weighted by molar-refractivity contribution is 6.00. The first-order valence-corrected chi connectivity index (χ1v) is 11.2. The van der Waals surface area contributed by atoms with E-state index in [0.29, 0.717) is 24.1 Å². The number of hydrogen-bond acceptors (Lipinski definition) is 8. The summed E-state index contributed by atoms with van der Waals surface area (Å²) in [7, 11) is 1.08. The molecular weight excluding hydrogens is 491 g/mol. The summed E-state index contributed by atoms with van der Waals surface area (Å²) in [6.45, 7) is 0.0884. The summed E-state index contributed by atoms with van der Waals surface area (Å²) in [5.41, 5.74) is -1.17. The van der Waals surface area contributed by atoms with Gasteiger partial charge in [0.2, 0.25) is 5.91 Å². The molecule has 0 bridgehead atoms. The van der Waals surface area contributed by atoms with Crippen LogP contribution in [0.3, 0.4) is 0 Å². The molecule has 192 valence electrons. The Bertz CT molecular complexity index is 1310. The molecule has 0 spiro atoms. The first-order chi connectivity index (χ1) is 17.6. The molecule has 1 amide bonds. The van der Waals surface area contributed by atoms with E-state index >= 15 is 0 Å². The van der Waals surface area contributed by atoms with E-state index in [4.69, 9.17) is 0 Å². The van der Waals surface area contributed by atoms with Crippen LogP contribution in [0.4, 0.5) is 24.5 Å². The number of ether oxygens (including phenoxy) is 1. The minimum absolute atomic E-state index is 0.0544. The standard InChI is InChI=1S/C25H22F3N5O4/c1-37-22(35)15-2-5-20(19(8-15)25(26,27)28)33-18-4-3-17(31-13-18)12-32-23(36)24(6-7-24)9-21(34)16-10-29-14-30-11-16/h2-5,8,10-11,13-14,33H,6-7,9,12H2,1H3,(H,32,36). The van der Waals surface area contributed by atoms with Gasteiger partial charge in [-0.2, -0.15) is 13.2 Å². The van der Waals surface area contributed by atoms with Crippen LogP contribution in [0.1, 0.15) is 51.2 Å². The number of carbonyl (C=O) groups is 3. The number of carbonyl (C=O) groups excluding carboxylic acids is 3. The van der Waals surface area contributed by atoms with Crippen molar-refractivity contribution in [1.29, 1.82) is 0 Å². The van der Waals surface area contributed by atoms with Crippen LogP contribution in [0.5, 0.6) is 0 Å².